The van der Waals surface area contributed by atoms with Crippen LogP contribution >= 0.6 is 0 Å². The van der Waals surface area contributed by atoms with Gasteiger partial charge in [0, 0.05) is 24.8 Å². The molecule has 4 heteroatoms. The summed E-state index contributed by atoms with van der Waals surface area (Å²) in [6, 6.07) is 10.7. The summed E-state index contributed by atoms with van der Waals surface area (Å²) in [7, 11) is 0. The minimum atomic E-state index is 0.814. The van der Waals surface area contributed by atoms with E-state index < -0.39 is 0 Å². The summed E-state index contributed by atoms with van der Waals surface area (Å²) in [4.78, 5) is 11.4. The van der Waals surface area contributed by atoms with Gasteiger partial charge in [0.05, 0.1) is 0 Å². The molecule has 1 aromatic heterocycles. The molecule has 0 radical (unpaired) electrons. The van der Waals surface area contributed by atoms with E-state index in [-0.39, 0.29) is 0 Å². The Kier molecular flexibility index (Phi) is 4.04. The Bertz CT molecular complexity index is 624. The average Bonchev–Trinajstić information content (AvgIpc) is 2.52. The van der Waals surface area contributed by atoms with E-state index in [1.807, 2.05) is 6.92 Å². The zero-order chi connectivity index (χ0) is 14.7. The van der Waals surface area contributed by atoms with E-state index in [9.17, 15) is 0 Å². The Hall–Kier alpha value is -2.10. The number of anilines is 3. The fraction of sp³-hybridized carbons (Fsp3) is 0.412. The van der Waals surface area contributed by atoms with E-state index in [2.05, 4.69) is 57.4 Å². The van der Waals surface area contributed by atoms with Gasteiger partial charge in [-0.25, -0.2) is 9.97 Å². The summed E-state index contributed by atoms with van der Waals surface area (Å²) in [5.41, 5.74) is 2.69. The molecule has 0 aliphatic carbocycles. The number of para-hydroxylation sites is 1. The van der Waals surface area contributed by atoms with Crippen molar-refractivity contribution < 1.29 is 0 Å². The van der Waals surface area contributed by atoms with Crippen LogP contribution in [0.5, 0.6) is 0 Å². The number of nitrogens with one attached hydrogen (secondary N) is 1. The lowest BCUT2D eigenvalue weighted by Crippen LogP contribution is -2.25. The minimum Gasteiger partial charge on any atom is -0.370 e. The summed E-state index contributed by atoms with van der Waals surface area (Å²) in [5, 5.41) is 3.36. The van der Waals surface area contributed by atoms with Gasteiger partial charge in [0.15, 0.2) is 0 Å². The Balaban J connectivity index is 1.95. The molecule has 110 valence electrons. The molecule has 0 fully saturated rings. The second-order valence-electron chi connectivity index (χ2n) is 5.47. The SMILES string of the molecule is CCCNc1cc(N2CCCc3ccccc32)nc(C)n1. The zero-order valence-electron chi connectivity index (χ0n) is 12.8. The van der Waals surface area contributed by atoms with Gasteiger partial charge < -0.3 is 10.2 Å². The molecule has 2 aromatic rings. The van der Waals surface area contributed by atoms with Crippen LogP contribution in [0.15, 0.2) is 30.3 Å². The first-order valence-electron chi connectivity index (χ1n) is 7.73. The monoisotopic (exact) mass is 282 g/mol. The molecule has 2 heterocycles. The molecule has 1 aliphatic rings. The second kappa shape index (κ2) is 6.12. The normalized spacial score (nSPS) is 13.9. The van der Waals surface area contributed by atoms with Crippen molar-refractivity contribution in [2.45, 2.75) is 33.1 Å². The van der Waals surface area contributed by atoms with E-state index in [4.69, 9.17) is 0 Å². The Morgan fingerprint density at radius 2 is 2.10 bits per heavy atom. The summed E-state index contributed by atoms with van der Waals surface area (Å²) >= 11 is 0. The highest BCUT2D eigenvalue weighted by Crippen LogP contribution is 2.32. The van der Waals surface area contributed by atoms with Gasteiger partial charge in [0.2, 0.25) is 0 Å². The standard InChI is InChI=1S/C17H22N4/c1-3-10-18-16-12-17(20-13(2)19-16)21-11-6-8-14-7-4-5-9-15(14)21/h4-5,7,9,12H,3,6,8,10-11H2,1-2H3,(H,18,19,20). The van der Waals surface area contributed by atoms with Crippen molar-refractivity contribution in [1.29, 1.82) is 0 Å². The van der Waals surface area contributed by atoms with E-state index in [0.29, 0.717) is 0 Å². The predicted molar refractivity (Wildman–Crippen MR) is 87.3 cm³/mol. The molecule has 0 spiro atoms. The van der Waals surface area contributed by atoms with Crippen LogP contribution in [0.25, 0.3) is 0 Å². The number of rotatable bonds is 4. The van der Waals surface area contributed by atoms with Gasteiger partial charge in [-0.2, -0.15) is 0 Å². The summed E-state index contributed by atoms with van der Waals surface area (Å²) in [5.74, 6) is 2.73. The minimum absolute atomic E-state index is 0.814. The van der Waals surface area contributed by atoms with Crippen LogP contribution in [0.4, 0.5) is 17.3 Å². The van der Waals surface area contributed by atoms with Crippen LogP contribution in [0.3, 0.4) is 0 Å². The third-order valence-electron chi connectivity index (χ3n) is 3.77. The maximum absolute atomic E-state index is 4.64. The molecule has 1 aromatic carbocycles. The lowest BCUT2D eigenvalue weighted by atomic mass is 10.0. The van der Waals surface area contributed by atoms with Crippen LogP contribution in [0, 0.1) is 6.92 Å². The maximum Gasteiger partial charge on any atom is 0.138 e. The average molecular weight is 282 g/mol. The van der Waals surface area contributed by atoms with E-state index in [1.165, 1.54) is 11.3 Å². The van der Waals surface area contributed by atoms with E-state index >= 15 is 0 Å². The molecule has 3 rings (SSSR count). The Morgan fingerprint density at radius 1 is 1.24 bits per heavy atom. The van der Waals surface area contributed by atoms with Gasteiger partial charge in [-0.3, -0.25) is 0 Å². The van der Waals surface area contributed by atoms with Gasteiger partial charge in [0.1, 0.15) is 17.5 Å². The maximum atomic E-state index is 4.64. The fourth-order valence-electron chi connectivity index (χ4n) is 2.81. The molecular formula is C17H22N4. The number of aromatic nitrogens is 2. The van der Waals surface area contributed by atoms with Crippen LogP contribution in [0.2, 0.25) is 0 Å². The smallest absolute Gasteiger partial charge is 0.138 e. The van der Waals surface area contributed by atoms with E-state index in [0.717, 1.165) is 49.8 Å². The van der Waals surface area contributed by atoms with Gasteiger partial charge >= 0.3 is 0 Å². The predicted octanol–water partition coefficient (Wildman–Crippen LogP) is 3.69. The number of fused-ring (bicyclic) bond motifs is 1. The highest BCUT2D eigenvalue weighted by Gasteiger charge is 2.19. The van der Waals surface area contributed by atoms with Crippen molar-refractivity contribution in [3.63, 3.8) is 0 Å². The lowest BCUT2D eigenvalue weighted by molar-refractivity contribution is 0.756. The molecule has 4 nitrogen and oxygen atoms in total. The molecule has 0 unspecified atom stereocenters. The van der Waals surface area contributed by atoms with Crippen molar-refractivity contribution in [1.82, 2.24) is 9.97 Å². The Morgan fingerprint density at radius 3 is 2.95 bits per heavy atom. The van der Waals surface area contributed by atoms with Crippen LogP contribution in [-0.4, -0.2) is 23.1 Å². The molecule has 1 aliphatic heterocycles. The molecule has 0 saturated heterocycles. The number of nitrogens with zero attached hydrogens (tertiary/aromatic N) is 3. The van der Waals surface area contributed by atoms with Crippen molar-refractivity contribution in [2.75, 3.05) is 23.3 Å². The molecule has 0 bridgehead atoms. The van der Waals surface area contributed by atoms with Gasteiger partial charge in [0.25, 0.3) is 0 Å². The first kappa shape index (κ1) is 13.9. The molecule has 1 N–H and O–H groups in total. The second-order valence-corrected chi connectivity index (χ2v) is 5.47. The first-order valence-corrected chi connectivity index (χ1v) is 7.73. The fourth-order valence-corrected chi connectivity index (χ4v) is 2.81. The lowest BCUT2D eigenvalue weighted by Gasteiger charge is -2.30. The molecule has 0 saturated carbocycles. The van der Waals surface area contributed by atoms with Crippen molar-refractivity contribution in [3.8, 4) is 0 Å². The van der Waals surface area contributed by atoms with Gasteiger partial charge in [-0.05, 0) is 37.8 Å². The number of aryl methyl sites for hydroxylation is 2. The van der Waals surface area contributed by atoms with Crippen molar-refractivity contribution in [3.05, 3.63) is 41.7 Å². The van der Waals surface area contributed by atoms with Crippen molar-refractivity contribution in [2.24, 2.45) is 0 Å². The highest BCUT2D eigenvalue weighted by molar-refractivity contribution is 5.67. The summed E-state index contributed by atoms with van der Waals surface area (Å²) < 4.78 is 0. The van der Waals surface area contributed by atoms with Gasteiger partial charge in [-0.15, -0.1) is 0 Å². The van der Waals surface area contributed by atoms with Crippen molar-refractivity contribution >= 4 is 17.3 Å². The van der Waals surface area contributed by atoms with Gasteiger partial charge in [-0.1, -0.05) is 25.1 Å². The molecule has 0 atom stereocenters. The molecule has 21 heavy (non-hydrogen) atoms. The third kappa shape index (κ3) is 2.99. The number of hydrogen-bond acceptors (Lipinski definition) is 4. The topological polar surface area (TPSA) is 41.0 Å². The van der Waals surface area contributed by atoms with Crippen LogP contribution in [0.1, 0.15) is 31.2 Å². The summed E-state index contributed by atoms with van der Waals surface area (Å²) in [6.07, 6.45) is 3.40. The largest absolute Gasteiger partial charge is 0.370 e. The zero-order valence-corrected chi connectivity index (χ0v) is 12.8. The molecular weight excluding hydrogens is 260 g/mol. The number of benzene rings is 1. The van der Waals surface area contributed by atoms with E-state index in [1.54, 1.807) is 0 Å². The highest BCUT2D eigenvalue weighted by atomic mass is 15.2. The number of hydrogen-bond donors (Lipinski definition) is 1. The van der Waals surface area contributed by atoms with Crippen LogP contribution < -0.4 is 10.2 Å². The molecule has 0 amide bonds. The Labute approximate surface area is 126 Å². The third-order valence-corrected chi connectivity index (χ3v) is 3.77. The summed E-state index contributed by atoms with van der Waals surface area (Å²) in [6.45, 7) is 6.06. The first-order chi connectivity index (χ1) is 10.3. The van der Waals surface area contributed by atoms with Crippen LogP contribution in [-0.2, 0) is 6.42 Å². The quantitative estimate of drug-likeness (QED) is 0.928.